The molecular formula is C18H14N4O2. The monoisotopic (exact) mass is 318 g/mol. The van der Waals surface area contributed by atoms with Crippen molar-refractivity contribution in [3.05, 3.63) is 54.1 Å². The zero-order valence-electron chi connectivity index (χ0n) is 13.2. The first-order valence-electron chi connectivity index (χ1n) is 7.47. The molecule has 0 aliphatic carbocycles. The van der Waals surface area contributed by atoms with Gasteiger partial charge in [0.15, 0.2) is 11.9 Å². The van der Waals surface area contributed by atoms with Crippen molar-refractivity contribution in [2.75, 3.05) is 0 Å². The smallest absolute Gasteiger partial charge is 0.227 e. The molecule has 1 aromatic carbocycles. The molecule has 0 amide bonds. The van der Waals surface area contributed by atoms with Gasteiger partial charge in [0.1, 0.15) is 11.2 Å². The summed E-state index contributed by atoms with van der Waals surface area (Å²) >= 11 is 0. The van der Waals surface area contributed by atoms with E-state index in [0.717, 1.165) is 27.9 Å². The lowest BCUT2D eigenvalue weighted by Crippen LogP contribution is -1.92. The van der Waals surface area contributed by atoms with Gasteiger partial charge in [-0.25, -0.2) is 4.98 Å². The van der Waals surface area contributed by atoms with Gasteiger partial charge in [-0.1, -0.05) is 6.07 Å². The van der Waals surface area contributed by atoms with Gasteiger partial charge in [0.05, 0.1) is 6.20 Å². The normalized spacial score (nSPS) is 11.1. The SMILES string of the molecule is Cc1c(-c2ccc3oc(-c4ccnc(C=O)c4)nc3c2)cnn1C. The molecule has 0 saturated heterocycles. The highest BCUT2D eigenvalue weighted by molar-refractivity contribution is 5.83. The summed E-state index contributed by atoms with van der Waals surface area (Å²) in [5, 5.41) is 4.28. The number of pyridine rings is 1. The Hall–Kier alpha value is -3.28. The lowest BCUT2D eigenvalue weighted by Gasteiger charge is -2.00. The van der Waals surface area contributed by atoms with E-state index < -0.39 is 0 Å². The molecule has 3 heterocycles. The van der Waals surface area contributed by atoms with E-state index in [2.05, 4.69) is 15.1 Å². The average Bonchev–Trinajstić information content (AvgIpc) is 3.18. The molecule has 0 atom stereocenters. The number of aromatic nitrogens is 4. The highest BCUT2D eigenvalue weighted by Gasteiger charge is 2.12. The Balaban J connectivity index is 1.81. The Labute approximate surface area is 137 Å². The van der Waals surface area contributed by atoms with E-state index in [1.165, 1.54) is 0 Å². The summed E-state index contributed by atoms with van der Waals surface area (Å²) in [6.45, 7) is 2.03. The first kappa shape index (κ1) is 14.3. The van der Waals surface area contributed by atoms with Crippen molar-refractivity contribution >= 4 is 17.4 Å². The summed E-state index contributed by atoms with van der Waals surface area (Å²) in [7, 11) is 1.92. The Bertz CT molecular complexity index is 1060. The van der Waals surface area contributed by atoms with Gasteiger partial charge >= 0.3 is 0 Å². The second-order valence-electron chi connectivity index (χ2n) is 5.56. The molecule has 3 aromatic heterocycles. The van der Waals surface area contributed by atoms with Crippen molar-refractivity contribution in [3.63, 3.8) is 0 Å². The largest absolute Gasteiger partial charge is 0.436 e. The second-order valence-corrected chi connectivity index (χ2v) is 5.56. The lowest BCUT2D eigenvalue weighted by molar-refractivity contribution is 0.111. The molecule has 4 aromatic rings. The van der Waals surface area contributed by atoms with Crippen LogP contribution >= 0.6 is 0 Å². The fraction of sp³-hybridized carbons (Fsp3) is 0.111. The van der Waals surface area contributed by atoms with Crippen molar-refractivity contribution in [2.24, 2.45) is 7.05 Å². The van der Waals surface area contributed by atoms with Gasteiger partial charge < -0.3 is 4.42 Å². The maximum absolute atomic E-state index is 10.9. The maximum atomic E-state index is 10.9. The van der Waals surface area contributed by atoms with Crippen LogP contribution in [0.25, 0.3) is 33.7 Å². The fourth-order valence-corrected chi connectivity index (χ4v) is 2.65. The van der Waals surface area contributed by atoms with Crippen molar-refractivity contribution in [2.45, 2.75) is 6.92 Å². The van der Waals surface area contributed by atoms with Crippen LogP contribution < -0.4 is 0 Å². The molecule has 4 rings (SSSR count). The minimum absolute atomic E-state index is 0.349. The maximum Gasteiger partial charge on any atom is 0.227 e. The molecule has 0 saturated carbocycles. The molecule has 0 fully saturated rings. The summed E-state index contributed by atoms with van der Waals surface area (Å²) < 4.78 is 7.64. The van der Waals surface area contributed by atoms with E-state index in [9.17, 15) is 4.79 Å². The summed E-state index contributed by atoms with van der Waals surface area (Å²) in [4.78, 5) is 19.4. The highest BCUT2D eigenvalue weighted by Crippen LogP contribution is 2.29. The fourth-order valence-electron chi connectivity index (χ4n) is 2.65. The predicted molar refractivity (Wildman–Crippen MR) is 89.6 cm³/mol. The molecule has 0 aliphatic rings. The summed E-state index contributed by atoms with van der Waals surface area (Å²) in [6.07, 6.45) is 4.12. The van der Waals surface area contributed by atoms with Gasteiger partial charge in [-0.05, 0) is 36.8 Å². The average molecular weight is 318 g/mol. The van der Waals surface area contributed by atoms with Crippen molar-refractivity contribution in [1.82, 2.24) is 19.7 Å². The number of aryl methyl sites for hydroxylation is 1. The zero-order chi connectivity index (χ0) is 16.7. The summed E-state index contributed by atoms with van der Waals surface area (Å²) in [5.41, 5.74) is 5.72. The van der Waals surface area contributed by atoms with E-state index in [-0.39, 0.29) is 0 Å². The van der Waals surface area contributed by atoms with E-state index >= 15 is 0 Å². The Morgan fingerprint density at radius 3 is 2.79 bits per heavy atom. The molecule has 24 heavy (non-hydrogen) atoms. The number of nitrogens with zero attached hydrogens (tertiary/aromatic N) is 4. The molecule has 0 spiro atoms. The Morgan fingerprint density at radius 2 is 2.04 bits per heavy atom. The van der Waals surface area contributed by atoms with Crippen LogP contribution in [-0.4, -0.2) is 26.0 Å². The number of carbonyl (C=O) groups excluding carboxylic acids is 1. The van der Waals surface area contributed by atoms with Crippen LogP contribution in [0.4, 0.5) is 0 Å². The molecule has 0 unspecified atom stereocenters. The minimum Gasteiger partial charge on any atom is -0.436 e. The van der Waals surface area contributed by atoms with E-state index in [1.54, 1.807) is 18.3 Å². The van der Waals surface area contributed by atoms with Crippen molar-refractivity contribution < 1.29 is 9.21 Å². The minimum atomic E-state index is 0.349. The van der Waals surface area contributed by atoms with E-state index in [0.29, 0.717) is 23.5 Å². The molecule has 0 bridgehead atoms. The third-order valence-corrected chi connectivity index (χ3v) is 4.08. The number of carbonyl (C=O) groups is 1. The second kappa shape index (κ2) is 5.42. The number of fused-ring (bicyclic) bond motifs is 1. The van der Waals surface area contributed by atoms with Gasteiger partial charge in [0.2, 0.25) is 5.89 Å². The van der Waals surface area contributed by atoms with Crippen LogP contribution in [-0.2, 0) is 7.05 Å². The Kier molecular flexibility index (Phi) is 3.23. The molecule has 6 heteroatoms. The molecular weight excluding hydrogens is 304 g/mol. The Morgan fingerprint density at radius 1 is 1.17 bits per heavy atom. The molecule has 0 N–H and O–H groups in total. The van der Waals surface area contributed by atoms with Gasteiger partial charge in [0, 0.05) is 30.1 Å². The van der Waals surface area contributed by atoms with Gasteiger partial charge in [-0.15, -0.1) is 0 Å². The van der Waals surface area contributed by atoms with Crippen LogP contribution in [0.5, 0.6) is 0 Å². The summed E-state index contributed by atoms with van der Waals surface area (Å²) in [5.74, 6) is 0.468. The molecule has 0 radical (unpaired) electrons. The quantitative estimate of drug-likeness (QED) is 0.541. The van der Waals surface area contributed by atoms with E-state index in [1.807, 2.05) is 43.0 Å². The first-order valence-corrected chi connectivity index (χ1v) is 7.47. The van der Waals surface area contributed by atoms with Crippen LogP contribution in [0.3, 0.4) is 0 Å². The molecule has 6 nitrogen and oxygen atoms in total. The van der Waals surface area contributed by atoms with Gasteiger partial charge in [0.25, 0.3) is 0 Å². The van der Waals surface area contributed by atoms with E-state index in [4.69, 9.17) is 4.42 Å². The molecule has 118 valence electrons. The number of hydrogen-bond donors (Lipinski definition) is 0. The number of benzene rings is 1. The number of hydrogen-bond acceptors (Lipinski definition) is 5. The zero-order valence-corrected chi connectivity index (χ0v) is 13.2. The lowest BCUT2D eigenvalue weighted by atomic mass is 10.1. The van der Waals surface area contributed by atoms with Gasteiger partial charge in [-0.2, -0.15) is 5.10 Å². The van der Waals surface area contributed by atoms with Crippen LogP contribution in [0.2, 0.25) is 0 Å². The van der Waals surface area contributed by atoms with Crippen LogP contribution in [0, 0.1) is 6.92 Å². The van der Waals surface area contributed by atoms with Gasteiger partial charge in [-0.3, -0.25) is 14.5 Å². The van der Waals surface area contributed by atoms with Crippen LogP contribution in [0.15, 0.2) is 47.1 Å². The molecule has 0 aliphatic heterocycles. The van der Waals surface area contributed by atoms with Crippen molar-refractivity contribution in [3.8, 4) is 22.6 Å². The topological polar surface area (TPSA) is 73.8 Å². The third kappa shape index (κ3) is 2.28. The first-order chi connectivity index (χ1) is 11.7. The number of aldehydes is 1. The van der Waals surface area contributed by atoms with Crippen LogP contribution in [0.1, 0.15) is 16.2 Å². The number of rotatable bonds is 3. The summed E-state index contributed by atoms with van der Waals surface area (Å²) in [6, 6.07) is 9.29. The highest BCUT2D eigenvalue weighted by atomic mass is 16.3. The third-order valence-electron chi connectivity index (χ3n) is 4.08. The van der Waals surface area contributed by atoms with Crippen molar-refractivity contribution in [1.29, 1.82) is 0 Å². The standard InChI is InChI=1S/C18H14N4O2/c1-11-15(9-20-22(11)2)12-3-4-17-16(8-12)21-18(24-17)13-5-6-19-14(7-13)10-23/h3-10H,1-2H3. The number of oxazole rings is 1. The predicted octanol–water partition coefficient (Wildman–Crippen LogP) is 3.41.